The molecule has 0 unspecified atom stereocenters. The monoisotopic (exact) mass is 554 g/mol. The fourth-order valence-corrected chi connectivity index (χ4v) is 7.30. The Morgan fingerprint density at radius 1 is 0.800 bits per heavy atom. The van der Waals surface area contributed by atoms with Crippen LogP contribution in [0.2, 0.25) is 0 Å². The first-order valence-electron chi connectivity index (χ1n) is 14.3. The van der Waals surface area contributed by atoms with E-state index in [0.29, 0.717) is 31.0 Å². The Morgan fingerprint density at radius 3 is 1.90 bits per heavy atom. The van der Waals surface area contributed by atoms with Crippen LogP contribution in [0.15, 0.2) is 18.2 Å². The maximum absolute atomic E-state index is 13.4. The summed E-state index contributed by atoms with van der Waals surface area (Å²) in [5.41, 5.74) is 5.16. The molecule has 0 aromatic heterocycles. The third-order valence-electron chi connectivity index (χ3n) is 8.00. The van der Waals surface area contributed by atoms with Crippen LogP contribution in [0.5, 0.6) is 0 Å². The van der Waals surface area contributed by atoms with Gasteiger partial charge >= 0.3 is 0 Å². The summed E-state index contributed by atoms with van der Waals surface area (Å²) < 4.78 is 0. The fourth-order valence-electron chi connectivity index (χ4n) is 7.30. The molecule has 4 rings (SSSR count). The van der Waals surface area contributed by atoms with E-state index in [0.717, 1.165) is 12.8 Å². The van der Waals surface area contributed by atoms with Crippen LogP contribution >= 0.6 is 0 Å². The van der Waals surface area contributed by atoms with Crippen LogP contribution in [-0.2, 0) is 4.79 Å². The molecule has 5 N–H and O–H groups in total. The Balaban J connectivity index is 1.31. The van der Waals surface area contributed by atoms with Crippen molar-refractivity contribution in [2.24, 2.45) is 0 Å². The molecule has 0 aliphatic carbocycles. The minimum atomic E-state index is -0.547. The Kier molecular flexibility index (Phi) is 7.94. The normalized spacial score (nSPS) is 23.6. The van der Waals surface area contributed by atoms with Crippen LogP contribution in [0.4, 0.5) is 0 Å². The number of benzene rings is 1. The third kappa shape index (κ3) is 6.90. The highest BCUT2D eigenvalue weighted by molar-refractivity contribution is 6.22. The summed E-state index contributed by atoms with van der Waals surface area (Å²) >= 11 is 0. The number of carbonyl (C=O) groups is 4. The molecule has 40 heavy (non-hydrogen) atoms. The molecule has 1 aromatic carbocycles. The number of imide groups is 1. The number of rotatable bonds is 6. The second-order valence-electron chi connectivity index (χ2n) is 14.4. The first kappa shape index (κ1) is 30.1. The van der Waals surface area contributed by atoms with E-state index in [-0.39, 0.29) is 63.5 Å². The summed E-state index contributed by atoms with van der Waals surface area (Å²) in [6.07, 6.45) is 3.41. The lowest BCUT2D eigenvalue weighted by molar-refractivity contribution is -0.121. The molecule has 3 aliphatic rings. The third-order valence-corrected chi connectivity index (χ3v) is 8.00. The lowest BCUT2D eigenvalue weighted by Crippen LogP contribution is -2.62. The SMILES string of the molecule is CC1(C)CC(NCCC(=O)NNC(=O)c2ccc3c(c2)C(=O)N(C2CC(C)(C)NC(C)(C)C2)C3=O)CC(C)(C)N1. The van der Waals surface area contributed by atoms with Crippen molar-refractivity contribution in [1.82, 2.24) is 31.7 Å². The number of carbonyl (C=O) groups excluding carboxylic acids is 4. The van der Waals surface area contributed by atoms with Crippen molar-refractivity contribution in [3.8, 4) is 0 Å². The molecule has 2 saturated heterocycles. The van der Waals surface area contributed by atoms with E-state index >= 15 is 0 Å². The molecule has 3 heterocycles. The molecule has 0 saturated carbocycles. The van der Waals surface area contributed by atoms with Gasteiger partial charge in [-0.3, -0.25) is 34.9 Å². The largest absolute Gasteiger partial charge is 0.313 e. The van der Waals surface area contributed by atoms with Crippen molar-refractivity contribution in [3.63, 3.8) is 0 Å². The first-order valence-corrected chi connectivity index (χ1v) is 14.3. The van der Waals surface area contributed by atoms with Crippen LogP contribution < -0.4 is 26.8 Å². The summed E-state index contributed by atoms with van der Waals surface area (Å²) in [7, 11) is 0. The van der Waals surface area contributed by atoms with Gasteiger partial charge in [-0.05, 0) is 99.3 Å². The van der Waals surface area contributed by atoms with Crippen molar-refractivity contribution in [2.75, 3.05) is 6.54 Å². The Bertz CT molecular complexity index is 1170. The predicted octanol–water partition coefficient (Wildman–Crippen LogP) is 2.64. The zero-order valence-corrected chi connectivity index (χ0v) is 25.2. The Morgan fingerprint density at radius 2 is 1.32 bits per heavy atom. The molecule has 0 atom stereocenters. The molecule has 10 nitrogen and oxygen atoms in total. The lowest BCUT2D eigenvalue weighted by atomic mass is 9.79. The highest BCUT2D eigenvalue weighted by Crippen LogP contribution is 2.36. The van der Waals surface area contributed by atoms with Crippen molar-refractivity contribution in [1.29, 1.82) is 0 Å². The van der Waals surface area contributed by atoms with E-state index in [1.165, 1.54) is 23.1 Å². The molecule has 0 radical (unpaired) electrons. The molecule has 1 aromatic rings. The predicted molar refractivity (Wildman–Crippen MR) is 154 cm³/mol. The van der Waals surface area contributed by atoms with Crippen LogP contribution in [-0.4, -0.2) is 69.3 Å². The topological polar surface area (TPSA) is 132 Å². The van der Waals surface area contributed by atoms with E-state index in [4.69, 9.17) is 0 Å². The van der Waals surface area contributed by atoms with E-state index in [1.807, 2.05) is 0 Å². The van der Waals surface area contributed by atoms with Crippen LogP contribution in [0.3, 0.4) is 0 Å². The van der Waals surface area contributed by atoms with Gasteiger partial charge in [0.05, 0.1) is 11.1 Å². The van der Waals surface area contributed by atoms with Crippen LogP contribution in [0, 0.1) is 0 Å². The first-order chi connectivity index (χ1) is 18.4. The van der Waals surface area contributed by atoms with Crippen molar-refractivity contribution < 1.29 is 19.2 Å². The number of fused-ring (bicyclic) bond motifs is 1. The highest BCUT2D eigenvalue weighted by Gasteiger charge is 2.47. The zero-order valence-electron chi connectivity index (χ0n) is 25.2. The van der Waals surface area contributed by atoms with Crippen molar-refractivity contribution in [3.05, 3.63) is 34.9 Å². The molecule has 4 amide bonds. The van der Waals surface area contributed by atoms with Crippen LogP contribution in [0.1, 0.15) is 119 Å². The van der Waals surface area contributed by atoms with E-state index in [2.05, 4.69) is 82.2 Å². The summed E-state index contributed by atoms with van der Waals surface area (Å²) in [5, 5.41) is 10.7. The van der Waals surface area contributed by atoms with Gasteiger partial charge in [0.25, 0.3) is 17.7 Å². The quantitative estimate of drug-likeness (QED) is 0.270. The Labute approximate surface area is 237 Å². The zero-order chi connectivity index (χ0) is 29.7. The van der Waals surface area contributed by atoms with Gasteiger partial charge in [-0.1, -0.05) is 0 Å². The second-order valence-corrected chi connectivity index (χ2v) is 14.4. The van der Waals surface area contributed by atoms with Crippen molar-refractivity contribution in [2.45, 2.75) is 122 Å². The average molecular weight is 555 g/mol. The number of hydrazine groups is 1. The van der Waals surface area contributed by atoms with Gasteiger partial charge in [-0.2, -0.15) is 0 Å². The van der Waals surface area contributed by atoms with E-state index < -0.39 is 5.91 Å². The molecular weight excluding hydrogens is 508 g/mol. The van der Waals surface area contributed by atoms with E-state index in [1.54, 1.807) is 0 Å². The smallest absolute Gasteiger partial charge is 0.269 e. The highest BCUT2D eigenvalue weighted by atomic mass is 16.2. The molecule has 0 spiro atoms. The maximum Gasteiger partial charge on any atom is 0.269 e. The molecule has 2 fully saturated rings. The number of nitrogens with one attached hydrogen (secondary N) is 5. The number of amides is 4. The standard InChI is InChI=1S/C30H46N6O4/c1-27(2)14-19(15-28(3,4)34-27)31-12-11-23(37)32-33-24(38)18-9-10-21-22(13-18)26(40)36(25(21)39)20-16-29(5,6)35-30(7,8)17-20/h9-10,13,19-20,31,34-35H,11-12,14-17H2,1-8H3,(H,32,37)(H,33,38). The summed E-state index contributed by atoms with van der Waals surface area (Å²) in [4.78, 5) is 53.1. The summed E-state index contributed by atoms with van der Waals surface area (Å²) in [6.45, 7) is 17.5. The maximum atomic E-state index is 13.4. The summed E-state index contributed by atoms with van der Waals surface area (Å²) in [5.74, 6) is -1.57. The van der Waals surface area contributed by atoms with Gasteiger partial charge in [0, 0.05) is 52.8 Å². The average Bonchev–Trinajstić information content (AvgIpc) is 3.02. The van der Waals surface area contributed by atoms with Gasteiger partial charge in [-0.25, -0.2) is 0 Å². The molecular formula is C30H46N6O4. The fraction of sp³-hybridized carbons (Fsp3) is 0.667. The van der Waals surface area contributed by atoms with Gasteiger partial charge < -0.3 is 16.0 Å². The van der Waals surface area contributed by atoms with Gasteiger partial charge in [-0.15, -0.1) is 0 Å². The van der Waals surface area contributed by atoms with Gasteiger partial charge in [0.2, 0.25) is 5.91 Å². The van der Waals surface area contributed by atoms with Crippen LogP contribution in [0.25, 0.3) is 0 Å². The summed E-state index contributed by atoms with van der Waals surface area (Å²) in [6, 6.07) is 4.52. The molecule has 220 valence electrons. The van der Waals surface area contributed by atoms with Crippen molar-refractivity contribution >= 4 is 23.6 Å². The number of hydrogen-bond acceptors (Lipinski definition) is 7. The lowest BCUT2D eigenvalue weighted by Gasteiger charge is -2.48. The minimum Gasteiger partial charge on any atom is -0.313 e. The second kappa shape index (κ2) is 10.5. The number of hydrogen-bond donors (Lipinski definition) is 5. The number of piperidine rings is 2. The van der Waals surface area contributed by atoms with E-state index in [9.17, 15) is 19.2 Å². The molecule has 10 heteroatoms. The number of nitrogens with zero attached hydrogens (tertiary/aromatic N) is 1. The minimum absolute atomic E-state index is 0.00925. The Hall–Kier alpha value is -2.82. The molecule has 0 bridgehead atoms. The molecule has 3 aliphatic heterocycles. The van der Waals surface area contributed by atoms with Gasteiger partial charge in [0.15, 0.2) is 0 Å². The van der Waals surface area contributed by atoms with Gasteiger partial charge in [0.1, 0.15) is 0 Å².